The molecule has 1 saturated heterocycles. The third kappa shape index (κ3) is 2.17. The zero-order chi connectivity index (χ0) is 11.5. The van der Waals surface area contributed by atoms with Gasteiger partial charge in [-0.05, 0) is 17.7 Å². The Morgan fingerprint density at radius 3 is 2.75 bits per heavy atom. The predicted molar refractivity (Wildman–Crippen MR) is 54.3 cm³/mol. The summed E-state index contributed by atoms with van der Waals surface area (Å²) in [5.41, 5.74) is 0.786. The molecule has 2 unspecified atom stereocenters. The van der Waals surface area contributed by atoms with Crippen LogP contribution in [0, 0.1) is 0 Å². The van der Waals surface area contributed by atoms with Gasteiger partial charge in [-0.25, -0.2) is 0 Å². The molecule has 0 radical (unpaired) electrons. The number of carboxylic acids is 1. The van der Waals surface area contributed by atoms with Gasteiger partial charge in [0.25, 0.3) is 0 Å². The van der Waals surface area contributed by atoms with Crippen molar-refractivity contribution in [3.05, 3.63) is 30.1 Å². The molecule has 2 rings (SSSR count). The molecule has 0 aromatic carbocycles. The van der Waals surface area contributed by atoms with E-state index in [1.54, 1.807) is 24.5 Å². The lowest BCUT2D eigenvalue weighted by molar-refractivity contribution is -0.143. The number of carbonyl (C=O) groups is 2. The van der Waals surface area contributed by atoms with Crippen LogP contribution in [-0.2, 0) is 9.59 Å². The van der Waals surface area contributed by atoms with Crippen LogP contribution in [0.2, 0.25) is 0 Å². The van der Waals surface area contributed by atoms with Crippen molar-refractivity contribution in [2.75, 3.05) is 0 Å². The summed E-state index contributed by atoms with van der Waals surface area (Å²) in [6.45, 7) is 0. The Kier molecular flexibility index (Phi) is 2.82. The fraction of sp³-hybridized carbons (Fsp3) is 0.300. The van der Waals surface area contributed by atoms with Crippen LogP contribution >= 0.6 is 0 Å². The van der Waals surface area contributed by atoms with Crippen LogP contribution in [0.5, 0.6) is 0 Å². The van der Waals surface area contributed by atoms with Crippen LogP contribution in [0.1, 0.15) is 18.2 Å². The van der Waals surface area contributed by atoms with Gasteiger partial charge < -0.3 is 10.4 Å². The highest BCUT2D eigenvalue weighted by molar-refractivity contribution is 5.85. The standard InChI is InChI=1S/C10H11N3O3/c14-8-5-7(10(15)16)12-9(13-8)6-1-3-11-4-2-6/h1-4,7,9,12H,5H2,(H,13,14)(H,15,16). The summed E-state index contributed by atoms with van der Waals surface area (Å²) >= 11 is 0. The normalized spacial score (nSPS) is 24.9. The van der Waals surface area contributed by atoms with E-state index < -0.39 is 18.2 Å². The van der Waals surface area contributed by atoms with Crippen molar-refractivity contribution in [2.45, 2.75) is 18.6 Å². The van der Waals surface area contributed by atoms with Gasteiger partial charge in [0.15, 0.2) is 0 Å². The van der Waals surface area contributed by atoms with Crippen LogP contribution in [-0.4, -0.2) is 28.0 Å². The number of amides is 1. The van der Waals surface area contributed by atoms with E-state index in [9.17, 15) is 9.59 Å². The quantitative estimate of drug-likeness (QED) is 0.634. The molecule has 1 amide bonds. The van der Waals surface area contributed by atoms with Crippen molar-refractivity contribution in [3.63, 3.8) is 0 Å². The third-order valence-electron chi connectivity index (χ3n) is 2.40. The van der Waals surface area contributed by atoms with Crippen molar-refractivity contribution in [1.82, 2.24) is 15.6 Å². The van der Waals surface area contributed by atoms with Gasteiger partial charge in [0.05, 0.1) is 6.42 Å². The van der Waals surface area contributed by atoms with Crippen LogP contribution in [0.4, 0.5) is 0 Å². The van der Waals surface area contributed by atoms with E-state index in [4.69, 9.17) is 5.11 Å². The molecule has 84 valence electrons. The molecule has 2 heterocycles. The molecule has 0 spiro atoms. The number of hydrogen-bond donors (Lipinski definition) is 3. The Balaban J connectivity index is 2.17. The smallest absolute Gasteiger partial charge is 0.321 e. The molecule has 3 N–H and O–H groups in total. The summed E-state index contributed by atoms with van der Waals surface area (Å²) in [7, 11) is 0. The van der Waals surface area contributed by atoms with Gasteiger partial charge >= 0.3 is 5.97 Å². The topological polar surface area (TPSA) is 91.3 Å². The molecule has 16 heavy (non-hydrogen) atoms. The molecule has 1 aromatic rings. The number of carbonyl (C=O) groups excluding carboxylic acids is 1. The van der Waals surface area contributed by atoms with Crippen LogP contribution < -0.4 is 10.6 Å². The Labute approximate surface area is 91.7 Å². The lowest BCUT2D eigenvalue weighted by atomic mass is 10.1. The molecule has 0 saturated carbocycles. The molecule has 1 aromatic heterocycles. The van der Waals surface area contributed by atoms with E-state index in [-0.39, 0.29) is 12.3 Å². The summed E-state index contributed by atoms with van der Waals surface area (Å²) in [6, 6.07) is 2.61. The molecule has 1 fully saturated rings. The summed E-state index contributed by atoms with van der Waals surface area (Å²) in [5.74, 6) is -1.29. The average molecular weight is 221 g/mol. The number of nitrogens with zero attached hydrogens (tertiary/aromatic N) is 1. The summed E-state index contributed by atoms with van der Waals surface area (Å²) in [4.78, 5) is 26.0. The molecular weight excluding hydrogens is 210 g/mol. The lowest BCUT2D eigenvalue weighted by Crippen LogP contribution is -2.53. The Morgan fingerprint density at radius 2 is 2.12 bits per heavy atom. The fourth-order valence-electron chi connectivity index (χ4n) is 1.60. The number of aromatic nitrogens is 1. The second-order valence-electron chi connectivity index (χ2n) is 3.54. The molecule has 1 aliphatic rings. The second kappa shape index (κ2) is 4.28. The molecule has 6 nitrogen and oxygen atoms in total. The van der Waals surface area contributed by atoms with E-state index in [0.29, 0.717) is 0 Å². The van der Waals surface area contributed by atoms with Gasteiger partial charge in [0.1, 0.15) is 12.2 Å². The van der Waals surface area contributed by atoms with Gasteiger partial charge in [-0.15, -0.1) is 0 Å². The number of rotatable bonds is 2. The van der Waals surface area contributed by atoms with Gasteiger partial charge in [0, 0.05) is 12.4 Å². The first-order valence-corrected chi connectivity index (χ1v) is 4.85. The van der Waals surface area contributed by atoms with Crippen molar-refractivity contribution < 1.29 is 14.7 Å². The maximum Gasteiger partial charge on any atom is 0.321 e. The monoisotopic (exact) mass is 221 g/mol. The van der Waals surface area contributed by atoms with E-state index in [1.807, 2.05) is 0 Å². The minimum absolute atomic E-state index is 0.0447. The number of nitrogens with one attached hydrogen (secondary N) is 2. The second-order valence-corrected chi connectivity index (χ2v) is 3.54. The molecule has 0 bridgehead atoms. The largest absolute Gasteiger partial charge is 0.480 e. The number of pyridine rings is 1. The summed E-state index contributed by atoms with van der Waals surface area (Å²) < 4.78 is 0. The van der Waals surface area contributed by atoms with E-state index in [0.717, 1.165) is 5.56 Å². The zero-order valence-corrected chi connectivity index (χ0v) is 8.38. The lowest BCUT2D eigenvalue weighted by Gasteiger charge is -2.29. The van der Waals surface area contributed by atoms with Gasteiger partial charge in [-0.3, -0.25) is 19.9 Å². The first kappa shape index (κ1) is 10.6. The first-order valence-electron chi connectivity index (χ1n) is 4.85. The predicted octanol–water partition coefficient (Wildman–Crippen LogP) is -0.357. The SMILES string of the molecule is O=C1CC(C(=O)O)NC(c2ccncc2)N1. The van der Waals surface area contributed by atoms with Crippen molar-refractivity contribution in [1.29, 1.82) is 0 Å². The van der Waals surface area contributed by atoms with Gasteiger partial charge in [0.2, 0.25) is 5.91 Å². The van der Waals surface area contributed by atoms with Crippen LogP contribution in [0.15, 0.2) is 24.5 Å². The van der Waals surface area contributed by atoms with Crippen molar-refractivity contribution >= 4 is 11.9 Å². The van der Waals surface area contributed by atoms with E-state index in [1.165, 1.54) is 0 Å². The highest BCUT2D eigenvalue weighted by atomic mass is 16.4. The first-order chi connectivity index (χ1) is 7.66. The zero-order valence-electron chi connectivity index (χ0n) is 8.38. The number of hydrogen-bond acceptors (Lipinski definition) is 4. The maximum atomic E-state index is 11.3. The average Bonchev–Trinajstić information content (AvgIpc) is 2.29. The fourth-order valence-corrected chi connectivity index (χ4v) is 1.60. The van der Waals surface area contributed by atoms with Crippen molar-refractivity contribution in [2.24, 2.45) is 0 Å². The third-order valence-corrected chi connectivity index (χ3v) is 2.40. The van der Waals surface area contributed by atoms with Crippen LogP contribution in [0.25, 0.3) is 0 Å². The summed E-state index contributed by atoms with van der Waals surface area (Å²) in [5, 5.41) is 14.4. The summed E-state index contributed by atoms with van der Waals surface area (Å²) in [6.07, 6.45) is 2.67. The van der Waals surface area contributed by atoms with Crippen LogP contribution in [0.3, 0.4) is 0 Å². The molecule has 0 aliphatic carbocycles. The Hall–Kier alpha value is -1.95. The van der Waals surface area contributed by atoms with Gasteiger partial charge in [-0.1, -0.05) is 0 Å². The van der Waals surface area contributed by atoms with Gasteiger partial charge in [-0.2, -0.15) is 0 Å². The molecule has 2 atom stereocenters. The minimum Gasteiger partial charge on any atom is -0.480 e. The van der Waals surface area contributed by atoms with E-state index in [2.05, 4.69) is 15.6 Å². The van der Waals surface area contributed by atoms with Crippen molar-refractivity contribution in [3.8, 4) is 0 Å². The highest BCUT2D eigenvalue weighted by Crippen LogP contribution is 2.14. The van der Waals surface area contributed by atoms with E-state index >= 15 is 0 Å². The number of carboxylic acid groups (broad SMARTS) is 1. The Morgan fingerprint density at radius 1 is 1.44 bits per heavy atom. The minimum atomic E-state index is -1.02. The maximum absolute atomic E-state index is 11.3. The molecular formula is C10H11N3O3. The number of aliphatic carboxylic acids is 1. The Bertz CT molecular complexity index is 407. The molecule has 6 heteroatoms. The highest BCUT2D eigenvalue weighted by Gasteiger charge is 2.30. The molecule has 1 aliphatic heterocycles.